The molecule has 0 bridgehead atoms. The van der Waals surface area contributed by atoms with Crippen molar-refractivity contribution in [2.45, 2.75) is 45.4 Å². The van der Waals surface area contributed by atoms with Gasteiger partial charge < -0.3 is 4.90 Å². The van der Waals surface area contributed by atoms with E-state index in [4.69, 9.17) is 12.2 Å². The molecule has 0 spiro atoms. The highest BCUT2D eigenvalue weighted by Gasteiger charge is 2.16. The minimum absolute atomic E-state index is 0.214. The van der Waals surface area contributed by atoms with Gasteiger partial charge in [0.1, 0.15) is 4.99 Å². The minimum Gasteiger partial charge on any atom is -0.362 e. The van der Waals surface area contributed by atoms with Crippen molar-refractivity contribution in [3.63, 3.8) is 0 Å². The van der Waals surface area contributed by atoms with Crippen molar-refractivity contribution in [3.05, 3.63) is 35.4 Å². The van der Waals surface area contributed by atoms with E-state index < -0.39 is 0 Å². The molecule has 0 N–H and O–H groups in total. The summed E-state index contributed by atoms with van der Waals surface area (Å²) < 4.78 is 0. The predicted molar refractivity (Wildman–Crippen MR) is 82.3 cm³/mol. The highest BCUT2D eigenvalue weighted by Crippen LogP contribution is 2.23. The van der Waals surface area contributed by atoms with Crippen LogP contribution in [0.5, 0.6) is 0 Å². The Labute approximate surface area is 116 Å². The van der Waals surface area contributed by atoms with E-state index in [-0.39, 0.29) is 5.41 Å². The normalized spacial score (nSPS) is 16.7. The van der Waals surface area contributed by atoms with E-state index in [1.807, 2.05) is 0 Å². The average Bonchev–Trinajstić information content (AvgIpc) is 2.38. The first-order valence-corrected chi connectivity index (χ1v) is 7.29. The van der Waals surface area contributed by atoms with Gasteiger partial charge in [-0.05, 0) is 30.2 Å². The summed E-state index contributed by atoms with van der Waals surface area (Å²) in [4.78, 5) is 3.38. The van der Waals surface area contributed by atoms with Crippen LogP contribution in [0.4, 0.5) is 0 Å². The number of hydrogen-bond acceptors (Lipinski definition) is 1. The Hall–Kier alpha value is -0.890. The molecule has 0 radical (unpaired) electrons. The lowest BCUT2D eigenvalue weighted by Crippen LogP contribution is -2.34. The van der Waals surface area contributed by atoms with Crippen molar-refractivity contribution in [1.82, 2.24) is 4.90 Å². The lowest BCUT2D eigenvalue weighted by atomic mass is 9.86. The van der Waals surface area contributed by atoms with E-state index in [0.717, 1.165) is 18.1 Å². The molecule has 1 heterocycles. The van der Waals surface area contributed by atoms with Crippen LogP contribution in [0, 0.1) is 0 Å². The maximum atomic E-state index is 5.60. The molecule has 98 valence electrons. The smallest absolute Gasteiger partial charge is 0.109 e. The molecule has 1 fully saturated rings. The van der Waals surface area contributed by atoms with Gasteiger partial charge in [-0.15, -0.1) is 0 Å². The third-order valence-electron chi connectivity index (χ3n) is 3.64. The Bertz CT molecular complexity index is 408. The van der Waals surface area contributed by atoms with E-state index >= 15 is 0 Å². The molecular weight excluding hydrogens is 238 g/mol. The van der Waals surface area contributed by atoms with Gasteiger partial charge in [-0.1, -0.05) is 57.3 Å². The summed E-state index contributed by atoms with van der Waals surface area (Å²) in [5.41, 5.74) is 2.78. The number of piperidine rings is 1. The van der Waals surface area contributed by atoms with E-state index in [1.165, 1.54) is 30.4 Å². The van der Waals surface area contributed by atoms with Gasteiger partial charge in [-0.3, -0.25) is 0 Å². The molecular formula is C16H23NS. The summed E-state index contributed by atoms with van der Waals surface area (Å²) in [6.07, 6.45) is 3.91. The highest BCUT2D eigenvalue weighted by molar-refractivity contribution is 7.80. The van der Waals surface area contributed by atoms with E-state index in [2.05, 4.69) is 49.9 Å². The molecule has 0 atom stereocenters. The van der Waals surface area contributed by atoms with E-state index in [0.29, 0.717) is 0 Å². The zero-order valence-electron chi connectivity index (χ0n) is 11.7. The zero-order chi connectivity index (χ0) is 13.2. The van der Waals surface area contributed by atoms with Crippen molar-refractivity contribution in [3.8, 4) is 0 Å². The third-order valence-corrected chi connectivity index (χ3v) is 4.14. The molecule has 2 heteroatoms. The average molecular weight is 261 g/mol. The van der Waals surface area contributed by atoms with Crippen LogP contribution in [0.25, 0.3) is 0 Å². The first kappa shape index (κ1) is 13.5. The lowest BCUT2D eigenvalue weighted by Gasteiger charge is -2.29. The van der Waals surface area contributed by atoms with Gasteiger partial charge in [0.05, 0.1) is 0 Å². The number of thiocarbonyl (C=S) groups is 1. The molecule has 1 aromatic carbocycles. The fraction of sp³-hybridized carbons (Fsp3) is 0.562. The Kier molecular flexibility index (Phi) is 4.06. The molecule has 18 heavy (non-hydrogen) atoms. The molecule has 2 rings (SSSR count). The second kappa shape index (κ2) is 5.40. The van der Waals surface area contributed by atoms with Gasteiger partial charge in [-0.2, -0.15) is 0 Å². The zero-order valence-corrected chi connectivity index (χ0v) is 12.5. The first-order valence-electron chi connectivity index (χ1n) is 6.88. The monoisotopic (exact) mass is 261 g/mol. The number of nitrogens with zero attached hydrogens (tertiary/aromatic N) is 1. The van der Waals surface area contributed by atoms with Crippen LogP contribution in [0.1, 0.15) is 51.2 Å². The minimum atomic E-state index is 0.214. The molecule has 1 aromatic rings. The maximum absolute atomic E-state index is 5.60. The van der Waals surface area contributed by atoms with Crippen molar-refractivity contribution in [2.24, 2.45) is 0 Å². The standard InChI is InChI=1S/C16H23NS/c1-16(2,3)14-9-7-13(8-10-14)15(18)17-11-5-4-6-12-17/h7-10H,4-6,11-12H2,1-3H3. The number of rotatable bonds is 1. The number of hydrogen-bond donors (Lipinski definition) is 0. The maximum Gasteiger partial charge on any atom is 0.109 e. The fourth-order valence-electron chi connectivity index (χ4n) is 2.39. The largest absolute Gasteiger partial charge is 0.362 e. The molecule has 0 saturated carbocycles. The van der Waals surface area contributed by atoms with Crippen molar-refractivity contribution in [2.75, 3.05) is 13.1 Å². The molecule has 1 aliphatic heterocycles. The summed E-state index contributed by atoms with van der Waals surface area (Å²) in [5, 5.41) is 0. The summed E-state index contributed by atoms with van der Waals surface area (Å²) in [6, 6.07) is 8.78. The lowest BCUT2D eigenvalue weighted by molar-refractivity contribution is 0.347. The van der Waals surface area contributed by atoms with Crippen molar-refractivity contribution >= 4 is 17.2 Å². The van der Waals surface area contributed by atoms with Gasteiger partial charge in [0, 0.05) is 18.7 Å². The Morgan fingerprint density at radius 3 is 2.06 bits per heavy atom. The molecule has 1 nitrogen and oxygen atoms in total. The van der Waals surface area contributed by atoms with Crippen LogP contribution in [0.3, 0.4) is 0 Å². The van der Waals surface area contributed by atoms with Gasteiger partial charge in [-0.25, -0.2) is 0 Å². The Balaban J connectivity index is 2.11. The molecule has 0 aromatic heterocycles. The van der Waals surface area contributed by atoms with Crippen LogP contribution in [0.2, 0.25) is 0 Å². The second-order valence-electron chi connectivity index (χ2n) is 6.18. The van der Waals surface area contributed by atoms with Crippen LogP contribution < -0.4 is 0 Å². The quantitative estimate of drug-likeness (QED) is 0.699. The Morgan fingerprint density at radius 1 is 1.00 bits per heavy atom. The Morgan fingerprint density at radius 2 is 1.56 bits per heavy atom. The van der Waals surface area contributed by atoms with Crippen LogP contribution >= 0.6 is 12.2 Å². The van der Waals surface area contributed by atoms with E-state index in [1.54, 1.807) is 0 Å². The molecule has 0 unspecified atom stereocenters. The van der Waals surface area contributed by atoms with Crippen LogP contribution in [0.15, 0.2) is 24.3 Å². The summed E-state index contributed by atoms with van der Waals surface area (Å²) in [6.45, 7) is 8.97. The molecule has 0 aliphatic carbocycles. The van der Waals surface area contributed by atoms with Gasteiger partial charge in [0.2, 0.25) is 0 Å². The first-order chi connectivity index (χ1) is 8.48. The molecule has 1 aliphatic rings. The van der Waals surface area contributed by atoms with E-state index in [9.17, 15) is 0 Å². The van der Waals surface area contributed by atoms with Crippen LogP contribution in [-0.4, -0.2) is 23.0 Å². The van der Waals surface area contributed by atoms with Gasteiger partial charge >= 0.3 is 0 Å². The van der Waals surface area contributed by atoms with Crippen LogP contribution in [-0.2, 0) is 5.41 Å². The highest BCUT2D eigenvalue weighted by atomic mass is 32.1. The fourth-order valence-corrected chi connectivity index (χ4v) is 2.71. The van der Waals surface area contributed by atoms with Crippen molar-refractivity contribution in [1.29, 1.82) is 0 Å². The van der Waals surface area contributed by atoms with Gasteiger partial charge in [0.25, 0.3) is 0 Å². The third kappa shape index (κ3) is 3.11. The summed E-state index contributed by atoms with van der Waals surface area (Å²) >= 11 is 5.60. The summed E-state index contributed by atoms with van der Waals surface area (Å²) in [5.74, 6) is 0. The number of benzene rings is 1. The second-order valence-corrected chi connectivity index (χ2v) is 6.57. The van der Waals surface area contributed by atoms with Gasteiger partial charge in [0.15, 0.2) is 0 Å². The topological polar surface area (TPSA) is 3.24 Å². The SMILES string of the molecule is CC(C)(C)c1ccc(C(=S)N2CCCCC2)cc1. The summed E-state index contributed by atoms with van der Waals surface area (Å²) in [7, 11) is 0. The van der Waals surface area contributed by atoms with Crippen molar-refractivity contribution < 1.29 is 0 Å². The molecule has 0 amide bonds. The predicted octanol–water partition coefficient (Wildman–Crippen LogP) is 4.15. The number of likely N-dealkylation sites (tertiary alicyclic amines) is 1. The molecule has 1 saturated heterocycles.